The number of benzene rings is 3. The molecule has 3 aromatic carbocycles. The third-order valence-electron chi connectivity index (χ3n) is 7.88. The molecule has 0 bridgehead atoms. The van der Waals surface area contributed by atoms with Crippen LogP contribution in [0.3, 0.4) is 0 Å². The van der Waals surface area contributed by atoms with Gasteiger partial charge >= 0.3 is 6.03 Å². The molecule has 2 amide bonds. The Hall–Kier alpha value is -3.80. The van der Waals surface area contributed by atoms with Crippen molar-refractivity contribution in [3.8, 4) is 11.5 Å². The van der Waals surface area contributed by atoms with E-state index in [4.69, 9.17) is 15.2 Å². The van der Waals surface area contributed by atoms with Crippen LogP contribution in [0.2, 0.25) is 0 Å². The summed E-state index contributed by atoms with van der Waals surface area (Å²) in [5, 5.41) is 13.3. The van der Waals surface area contributed by atoms with E-state index in [1.54, 1.807) is 17.0 Å². The number of fused-ring (bicyclic) bond motifs is 1. The van der Waals surface area contributed by atoms with Gasteiger partial charge in [0.1, 0.15) is 0 Å². The second kappa shape index (κ2) is 15.8. The maximum atomic E-state index is 13.6. The molecular weight excluding hydrogens is 580 g/mol. The summed E-state index contributed by atoms with van der Waals surface area (Å²) in [6, 6.07) is 20.8. The van der Waals surface area contributed by atoms with E-state index < -0.39 is 16.1 Å². The topological polar surface area (TPSA) is 134 Å². The van der Waals surface area contributed by atoms with Crippen molar-refractivity contribution in [3.63, 3.8) is 0 Å². The molecule has 0 spiro atoms. The second-order valence-corrected chi connectivity index (χ2v) is 13.1. The van der Waals surface area contributed by atoms with Gasteiger partial charge in [0, 0.05) is 36.9 Å². The number of nitrogens with two attached hydrogens (primary N) is 1. The van der Waals surface area contributed by atoms with Crippen molar-refractivity contribution in [2.45, 2.75) is 63.6 Å². The summed E-state index contributed by atoms with van der Waals surface area (Å²) in [4.78, 5) is 15.3. The highest BCUT2D eigenvalue weighted by molar-refractivity contribution is 7.89. The summed E-state index contributed by atoms with van der Waals surface area (Å²) in [6.07, 6.45) is 2.51. The highest BCUT2D eigenvalue weighted by Crippen LogP contribution is 2.36. The molecule has 11 heteroatoms. The van der Waals surface area contributed by atoms with E-state index in [-0.39, 0.29) is 30.2 Å². The van der Waals surface area contributed by atoms with Gasteiger partial charge in [0.05, 0.1) is 18.0 Å². The van der Waals surface area contributed by atoms with E-state index in [2.05, 4.69) is 5.32 Å². The number of nitrogens with one attached hydrogen (secondary N) is 1. The Bertz CT molecular complexity index is 1450. The number of amides is 2. The molecular formula is C33H44N4O6S. The fourth-order valence-corrected chi connectivity index (χ4v) is 6.88. The van der Waals surface area contributed by atoms with Crippen LogP contribution in [-0.2, 0) is 23.1 Å². The van der Waals surface area contributed by atoms with Crippen molar-refractivity contribution in [1.29, 1.82) is 0 Å². The lowest BCUT2D eigenvalue weighted by Gasteiger charge is -2.32. The first-order valence-corrected chi connectivity index (χ1v) is 16.6. The van der Waals surface area contributed by atoms with Crippen LogP contribution >= 0.6 is 0 Å². The molecule has 0 saturated heterocycles. The minimum absolute atomic E-state index is 0.116. The van der Waals surface area contributed by atoms with Gasteiger partial charge in [-0.15, -0.1) is 0 Å². The summed E-state index contributed by atoms with van der Waals surface area (Å²) in [7, 11) is -3.84. The fourth-order valence-electron chi connectivity index (χ4n) is 5.12. The van der Waals surface area contributed by atoms with Gasteiger partial charge < -0.3 is 30.5 Å². The number of nitrogens with zero attached hydrogens (tertiary/aromatic N) is 2. The van der Waals surface area contributed by atoms with Crippen molar-refractivity contribution >= 4 is 21.7 Å². The normalized spacial score (nSPS) is 13.9. The zero-order chi connectivity index (χ0) is 31.5. The number of aliphatic hydroxyl groups excluding tert-OH is 1. The number of unbranched alkanes of at least 4 members (excludes halogenated alkanes) is 1. The third-order valence-corrected chi connectivity index (χ3v) is 9.81. The highest BCUT2D eigenvalue weighted by atomic mass is 32.2. The molecule has 1 aliphatic heterocycles. The smallest absolute Gasteiger partial charge is 0.318 e. The van der Waals surface area contributed by atoms with Gasteiger partial charge in [0.2, 0.25) is 16.8 Å². The van der Waals surface area contributed by atoms with Crippen molar-refractivity contribution in [2.75, 3.05) is 32.2 Å². The van der Waals surface area contributed by atoms with Crippen LogP contribution in [-0.4, -0.2) is 61.3 Å². The lowest BCUT2D eigenvalue weighted by molar-refractivity contribution is 0.164. The van der Waals surface area contributed by atoms with E-state index >= 15 is 0 Å². The van der Waals surface area contributed by atoms with Crippen molar-refractivity contribution in [1.82, 2.24) is 14.5 Å². The molecule has 10 nitrogen and oxygen atoms in total. The van der Waals surface area contributed by atoms with E-state index in [1.807, 2.05) is 62.4 Å². The lowest BCUT2D eigenvalue weighted by Crippen LogP contribution is -2.44. The predicted molar refractivity (Wildman–Crippen MR) is 171 cm³/mol. The van der Waals surface area contributed by atoms with Crippen LogP contribution in [0.1, 0.15) is 50.7 Å². The standard InChI is InChI=1S/C33H44N4O6S/c1-3-25(2)20-37(44(40,41)30-17-15-28(34)16-18-30)29(23-38)13-7-8-19-35-33(39)36(21-26-10-5-4-6-11-26)22-27-12-9-14-31-32(27)43-24-42-31/h4-6,9-12,14-18,25,29,38H,3,7-8,13,19-24,34H2,1-2H3,(H,35,39)/t25?,29-/m0/s1. The average molecular weight is 625 g/mol. The minimum atomic E-state index is -3.84. The Morgan fingerprint density at radius 1 is 1.00 bits per heavy atom. The monoisotopic (exact) mass is 624 g/mol. The molecule has 0 aromatic heterocycles. The van der Waals surface area contributed by atoms with Crippen molar-refractivity contribution in [2.24, 2.45) is 5.92 Å². The molecule has 4 rings (SSSR count). The average Bonchev–Trinajstić information content (AvgIpc) is 3.52. The van der Waals surface area contributed by atoms with Gasteiger partial charge in [-0.3, -0.25) is 0 Å². The highest BCUT2D eigenvalue weighted by Gasteiger charge is 2.32. The van der Waals surface area contributed by atoms with Crippen LogP contribution in [0.4, 0.5) is 10.5 Å². The molecule has 0 saturated carbocycles. The number of hydrogen-bond donors (Lipinski definition) is 3. The molecule has 0 fully saturated rings. The van der Waals surface area contributed by atoms with Gasteiger partial charge in [-0.25, -0.2) is 13.2 Å². The quantitative estimate of drug-likeness (QED) is 0.151. The molecule has 1 heterocycles. The zero-order valence-electron chi connectivity index (χ0n) is 25.5. The Labute approximate surface area is 260 Å². The maximum absolute atomic E-state index is 13.6. The number of urea groups is 1. The lowest BCUT2D eigenvalue weighted by atomic mass is 10.1. The van der Waals surface area contributed by atoms with Crippen LogP contribution in [0.15, 0.2) is 77.7 Å². The van der Waals surface area contributed by atoms with Crippen molar-refractivity contribution < 1.29 is 27.8 Å². The Balaban J connectivity index is 1.37. The minimum Gasteiger partial charge on any atom is -0.454 e. The van der Waals surface area contributed by atoms with Crippen LogP contribution in [0, 0.1) is 5.92 Å². The van der Waals surface area contributed by atoms with Crippen molar-refractivity contribution in [3.05, 3.63) is 83.9 Å². The number of anilines is 1. The second-order valence-electron chi connectivity index (χ2n) is 11.2. The molecule has 4 N–H and O–H groups in total. The van der Waals surface area contributed by atoms with Gasteiger partial charge in [0.25, 0.3) is 0 Å². The maximum Gasteiger partial charge on any atom is 0.318 e. The predicted octanol–water partition coefficient (Wildman–Crippen LogP) is 4.98. The summed E-state index contributed by atoms with van der Waals surface area (Å²) in [5.41, 5.74) is 8.12. The van der Waals surface area contributed by atoms with Gasteiger partial charge in [-0.1, -0.05) is 69.2 Å². The molecule has 1 unspecified atom stereocenters. The van der Waals surface area contributed by atoms with Crippen LogP contribution in [0.5, 0.6) is 11.5 Å². The molecule has 238 valence electrons. The first kappa shape index (κ1) is 33.1. The number of carbonyl (C=O) groups is 1. The van der Waals surface area contributed by atoms with Gasteiger partial charge in [0.15, 0.2) is 11.5 Å². The molecule has 2 atom stereocenters. The summed E-state index contributed by atoms with van der Waals surface area (Å²) < 4.78 is 39.8. The first-order chi connectivity index (χ1) is 21.2. The number of aliphatic hydroxyl groups is 1. The number of rotatable bonds is 16. The Morgan fingerprint density at radius 3 is 2.45 bits per heavy atom. The number of carbonyl (C=O) groups excluding carboxylic acids is 1. The summed E-state index contributed by atoms with van der Waals surface area (Å²) >= 11 is 0. The summed E-state index contributed by atoms with van der Waals surface area (Å²) in [6.45, 7) is 5.34. The van der Waals surface area contributed by atoms with E-state index in [0.29, 0.717) is 62.6 Å². The molecule has 3 aromatic rings. The fraction of sp³-hybridized carbons (Fsp3) is 0.424. The number of hydrogen-bond acceptors (Lipinski definition) is 7. The number of ether oxygens (including phenoxy) is 2. The Kier molecular flexibility index (Phi) is 11.9. The third kappa shape index (κ3) is 8.64. The molecule has 44 heavy (non-hydrogen) atoms. The number of para-hydroxylation sites is 1. The molecule has 0 aliphatic carbocycles. The zero-order valence-corrected chi connectivity index (χ0v) is 26.3. The van der Waals surface area contributed by atoms with E-state index in [0.717, 1.165) is 17.5 Å². The van der Waals surface area contributed by atoms with Gasteiger partial charge in [-0.05, 0) is 54.7 Å². The van der Waals surface area contributed by atoms with Gasteiger partial charge in [-0.2, -0.15) is 4.31 Å². The number of nitrogen functional groups attached to an aromatic ring is 1. The van der Waals surface area contributed by atoms with Crippen LogP contribution < -0.4 is 20.5 Å². The Morgan fingerprint density at radius 2 is 1.75 bits per heavy atom. The first-order valence-electron chi connectivity index (χ1n) is 15.1. The van der Waals surface area contributed by atoms with E-state index in [1.165, 1.54) is 16.4 Å². The van der Waals surface area contributed by atoms with Crippen LogP contribution in [0.25, 0.3) is 0 Å². The number of sulfonamides is 1. The molecule has 1 aliphatic rings. The van der Waals surface area contributed by atoms with E-state index in [9.17, 15) is 18.3 Å². The largest absolute Gasteiger partial charge is 0.454 e. The summed E-state index contributed by atoms with van der Waals surface area (Å²) in [5.74, 6) is 1.44. The SMILES string of the molecule is CCC(C)CN([C@H](CO)CCCCNC(=O)N(Cc1ccccc1)Cc1cccc2c1OCO2)S(=O)(=O)c1ccc(N)cc1. The molecule has 0 radical (unpaired) electrons.